The maximum atomic E-state index is 13.3. The average molecular weight is 305 g/mol. The van der Waals surface area contributed by atoms with Gasteiger partial charge in [0.25, 0.3) is 0 Å². The number of anilines is 1. The quantitative estimate of drug-likeness (QED) is 0.822. The number of nitrogens with one attached hydrogen (secondary N) is 2. The molecule has 1 heterocycles. The topological polar surface area (TPSA) is 54.0 Å². The molecular formula is C13H15F4N3O. The van der Waals surface area contributed by atoms with Gasteiger partial charge in [0, 0.05) is 12.2 Å². The maximum Gasteiger partial charge on any atom is 0.391 e. The molecule has 2 N–H and O–H groups in total. The van der Waals surface area contributed by atoms with Crippen LogP contribution in [0.3, 0.4) is 0 Å². The highest BCUT2D eigenvalue weighted by Crippen LogP contribution is 2.37. The Morgan fingerprint density at radius 1 is 1.33 bits per heavy atom. The molecule has 2 rings (SSSR count). The highest BCUT2D eigenvalue weighted by molar-refractivity contribution is 5.89. The van der Waals surface area contributed by atoms with E-state index in [4.69, 9.17) is 0 Å². The predicted molar refractivity (Wildman–Crippen MR) is 68.2 cm³/mol. The van der Waals surface area contributed by atoms with E-state index in [1.807, 2.05) is 0 Å². The van der Waals surface area contributed by atoms with Gasteiger partial charge >= 0.3 is 12.2 Å². The third kappa shape index (κ3) is 4.30. The molecule has 1 saturated carbocycles. The summed E-state index contributed by atoms with van der Waals surface area (Å²) in [5.41, 5.74) is -0.0642. The lowest BCUT2D eigenvalue weighted by molar-refractivity contribution is -0.183. The number of amides is 2. The van der Waals surface area contributed by atoms with Crippen molar-refractivity contribution in [2.24, 2.45) is 5.92 Å². The summed E-state index contributed by atoms with van der Waals surface area (Å²) >= 11 is 0. The van der Waals surface area contributed by atoms with E-state index in [-0.39, 0.29) is 18.5 Å². The Balaban J connectivity index is 1.89. The number of carbonyl (C=O) groups is 1. The van der Waals surface area contributed by atoms with E-state index in [2.05, 4.69) is 15.6 Å². The summed E-state index contributed by atoms with van der Waals surface area (Å²) in [6, 6.07) is -0.00269. The van der Waals surface area contributed by atoms with Gasteiger partial charge in [0.05, 0.1) is 17.8 Å². The molecule has 21 heavy (non-hydrogen) atoms. The summed E-state index contributed by atoms with van der Waals surface area (Å²) in [4.78, 5) is 15.2. The van der Waals surface area contributed by atoms with Crippen molar-refractivity contribution in [3.8, 4) is 0 Å². The van der Waals surface area contributed by atoms with Crippen LogP contribution in [0, 0.1) is 11.7 Å². The van der Waals surface area contributed by atoms with Gasteiger partial charge in [-0.05, 0) is 25.3 Å². The fourth-order valence-electron chi connectivity index (χ4n) is 2.44. The fourth-order valence-corrected chi connectivity index (χ4v) is 2.44. The number of aromatic nitrogens is 1. The van der Waals surface area contributed by atoms with E-state index >= 15 is 0 Å². The maximum absolute atomic E-state index is 13.3. The fraction of sp³-hybridized carbons (Fsp3) is 0.538. The normalized spacial score (nSPS) is 22.7. The average Bonchev–Trinajstić information content (AvgIpc) is 2.41. The molecule has 1 aromatic rings. The third-order valence-electron chi connectivity index (χ3n) is 3.49. The second-order valence-electron chi connectivity index (χ2n) is 5.06. The number of hydrogen-bond donors (Lipinski definition) is 2. The molecule has 2 amide bonds. The number of nitrogens with zero attached hydrogens (tertiary/aromatic N) is 1. The summed E-state index contributed by atoms with van der Waals surface area (Å²) in [5.74, 6) is -2.10. The van der Waals surface area contributed by atoms with Gasteiger partial charge in [0.1, 0.15) is 0 Å². The zero-order valence-corrected chi connectivity index (χ0v) is 11.1. The van der Waals surface area contributed by atoms with E-state index in [0.29, 0.717) is 12.8 Å². The molecule has 0 unspecified atom stereocenters. The van der Waals surface area contributed by atoms with Crippen LogP contribution in [-0.4, -0.2) is 23.2 Å². The standard InChI is InChI=1S/C13H15F4N3O/c14-10-7-18-5-4-11(10)20-12(21)19-9-3-1-2-8(6-9)13(15,16)17/h4-5,7-9H,1-3,6H2,(H2,18,19,20,21)/t8-,9-/m0/s1. The third-order valence-corrected chi connectivity index (χ3v) is 3.49. The minimum absolute atomic E-state index is 0.0642. The number of rotatable bonds is 2. The van der Waals surface area contributed by atoms with Crippen LogP contribution in [0.15, 0.2) is 18.5 Å². The second kappa shape index (κ2) is 6.28. The summed E-state index contributed by atoms with van der Waals surface area (Å²) in [5, 5.41) is 4.72. The molecule has 0 bridgehead atoms. The number of hydrogen-bond acceptors (Lipinski definition) is 2. The minimum Gasteiger partial charge on any atom is -0.335 e. The van der Waals surface area contributed by atoms with E-state index in [1.54, 1.807) is 0 Å². The van der Waals surface area contributed by atoms with Crippen LogP contribution in [0.4, 0.5) is 28.0 Å². The number of carbonyl (C=O) groups excluding carboxylic acids is 1. The van der Waals surface area contributed by atoms with Crippen molar-refractivity contribution >= 4 is 11.7 Å². The van der Waals surface area contributed by atoms with Crippen LogP contribution in [0.2, 0.25) is 0 Å². The Morgan fingerprint density at radius 2 is 2.10 bits per heavy atom. The number of urea groups is 1. The molecule has 116 valence electrons. The van der Waals surface area contributed by atoms with E-state index in [9.17, 15) is 22.4 Å². The predicted octanol–water partition coefficient (Wildman–Crippen LogP) is 3.46. The summed E-state index contributed by atoms with van der Waals surface area (Å²) in [6.45, 7) is 0. The van der Waals surface area contributed by atoms with Gasteiger partial charge in [-0.2, -0.15) is 13.2 Å². The molecule has 1 aliphatic rings. The summed E-state index contributed by atoms with van der Waals surface area (Å²) < 4.78 is 51.3. The lowest BCUT2D eigenvalue weighted by atomic mass is 9.85. The molecule has 4 nitrogen and oxygen atoms in total. The van der Waals surface area contributed by atoms with Crippen molar-refractivity contribution < 1.29 is 22.4 Å². The van der Waals surface area contributed by atoms with Gasteiger partial charge in [0.2, 0.25) is 0 Å². The van der Waals surface area contributed by atoms with Crippen molar-refractivity contribution in [3.05, 3.63) is 24.3 Å². The lowest BCUT2D eigenvalue weighted by Crippen LogP contribution is -2.43. The van der Waals surface area contributed by atoms with Crippen molar-refractivity contribution in [3.63, 3.8) is 0 Å². The molecule has 0 radical (unpaired) electrons. The molecule has 0 saturated heterocycles. The number of alkyl halides is 3. The Kier molecular flexibility index (Phi) is 4.64. The Labute approximate surface area is 118 Å². The first-order chi connectivity index (χ1) is 9.86. The van der Waals surface area contributed by atoms with Gasteiger partial charge in [-0.25, -0.2) is 9.18 Å². The van der Waals surface area contributed by atoms with E-state index in [0.717, 1.165) is 6.20 Å². The van der Waals surface area contributed by atoms with E-state index in [1.165, 1.54) is 12.3 Å². The van der Waals surface area contributed by atoms with Crippen LogP contribution < -0.4 is 10.6 Å². The largest absolute Gasteiger partial charge is 0.391 e. The Morgan fingerprint density at radius 3 is 2.76 bits per heavy atom. The SMILES string of the molecule is O=C(Nc1ccncc1F)N[C@H]1CCC[C@H](C(F)(F)F)C1. The zero-order chi connectivity index (χ0) is 15.5. The first kappa shape index (κ1) is 15.5. The van der Waals surface area contributed by atoms with Gasteiger partial charge < -0.3 is 10.6 Å². The van der Waals surface area contributed by atoms with Crippen molar-refractivity contribution in [1.82, 2.24) is 10.3 Å². The highest BCUT2D eigenvalue weighted by Gasteiger charge is 2.42. The van der Waals surface area contributed by atoms with Crippen LogP contribution >= 0.6 is 0 Å². The van der Waals surface area contributed by atoms with Gasteiger partial charge in [-0.15, -0.1) is 0 Å². The van der Waals surface area contributed by atoms with Crippen LogP contribution in [-0.2, 0) is 0 Å². The van der Waals surface area contributed by atoms with Crippen LogP contribution in [0.25, 0.3) is 0 Å². The first-order valence-corrected chi connectivity index (χ1v) is 6.60. The molecule has 2 atom stereocenters. The molecule has 1 fully saturated rings. The number of halogens is 4. The van der Waals surface area contributed by atoms with Crippen molar-refractivity contribution in [1.29, 1.82) is 0 Å². The van der Waals surface area contributed by atoms with Gasteiger partial charge in [-0.1, -0.05) is 6.42 Å². The minimum atomic E-state index is -4.24. The molecule has 8 heteroatoms. The van der Waals surface area contributed by atoms with Gasteiger partial charge in [-0.3, -0.25) is 4.98 Å². The number of pyridine rings is 1. The lowest BCUT2D eigenvalue weighted by Gasteiger charge is -2.31. The summed E-state index contributed by atoms with van der Waals surface area (Å²) in [6.07, 6.45) is -1.17. The van der Waals surface area contributed by atoms with Crippen molar-refractivity contribution in [2.75, 3.05) is 5.32 Å². The Hall–Kier alpha value is -1.86. The van der Waals surface area contributed by atoms with E-state index < -0.39 is 30.0 Å². The molecule has 1 aliphatic carbocycles. The first-order valence-electron chi connectivity index (χ1n) is 6.60. The molecule has 0 aliphatic heterocycles. The van der Waals surface area contributed by atoms with Crippen molar-refractivity contribution in [2.45, 2.75) is 37.9 Å². The Bertz CT molecular complexity index is 506. The summed E-state index contributed by atoms with van der Waals surface area (Å²) in [7, 11) is 0. The smallest absolute Gasteiger partial charge is 0.335 e. The molecular weight excluding hydrogens is 290 g/mol. The highest BCUT2D eigenvalue weighted by atomic mass is 19.4. The van der Waals surface area contributed by atoms with Gasteiger partial charge in [0.15, 0.2) is 5.82 Å². The molecule has 0 aromatic carbocycles. The van der Waals surface area contributed by atoms with Crippen LogP contribution in [0.5, 0.6) is 0 Å². The molecule has 0 spiro atoms. The molecule has 1 aromatic heterocycles. The zero-order valence-electron chi connectivity index (χ0n) is 11.1. The second-order valence-corrected chi connectivity index (χ2v) is 5.06. The monoisotopic (exact) mass is 305 g/mol. The van der Waals surface area contributed by atoms with Crippen LogP contribution in [0.1, 0.15) is 25.7 Å².